The molecule has 0 fully saturated rings. The van der Waals surface area contributed by atoms with Crippen LogP contribution in [0.1, 0.15) is 5.56 Å². The lowest BCUT2D eigenvalue weighted by atomic mass is 10.0. The van der Waals surface area contributed by atoms with Crippen LogP contribution in [0.2, 0.25) is 0 Å². The van der Waals surface area contributed by atoms with Crippen molar-refractivity contribution in [2.24, 2.45) is 0 Å². The van der Waals surface area contributed by atoms with Crippen molar-refractivity contribution in [1.29, 1.82) is 0 Å². The summed E-state index contributed by atoms with van der Waals surface area (Å²) >= 11 is 0. The van der Waals surface area contributed by atoms with E-state index in [0.29, 0.717) is 11.1 Å². The minimum absolute atomic E-state index is 0. The van der Waals surface area contributed by atoms with Crippen LogP contribution >= 0.6 is 17.0 Å². The van der Waals surface area contributed by atoms with Gasteiger partial charge in [-0.05, 0) is 70.8 Å². The molecule has 42 heavy (non-hydrogen) atoms. The molecule has 4 rings (SSSR count). The number of alkyl halides is 3. The molecule has 15 heteroatoms. The molecule has 0 saturated carbocycles. The smallest absolute Gasteiger partial charge is 0.416 e. The Hall–Kier alpha value is -3.63. The molecule has 0 saturated heterocycles. The monoisotopic (exact) mass is 691 g/mol. The fourth-order valence-electron chi connectivity index (χ4n) is 3.60. The highest BCUT2D eigenvalue weighted by Gasteiger charge is 2.30. The Bertz CT molecular complexity index is 1760. The zero-order valence-corrected chi connectivity index (χ0v) is 25.2. The van der Waals surface area contributed by atoms with Gasteiger partial charge in [0.1, 0.15) is 21.3 Å². The van der Waals surface area contributed by atoms with Crippen molar-refractivity contribution in [1.82, 2.24) is 0 Å². The molecule has 0 heterocycles. The maximum absolute atomic E-state index is 12.4. The van der Waals surface area contributed by atoms with E-state index in [1.54, 1.807) is 6.07 Å². The average Bonchev–Trinajstić information content (AvgIpc) is 2.88. The summed E-state index contributed by atoms with van der Waals surface area (Å²) in [6.07, 6.45) is -4.47. The number of benzene rings is 4. The first kappa shape index (κ1) is 34.6. The lowest BCUT2D eigenvalue weighted by molar-refractivity contribution is -0.137. The van der Waals surface area contributed by atoms with E-state index >= 15 is 0 Å². The van der Waals surface area contributed by atoms with Crippen molar-refractivity contribution in [3.8, 4) is 33.8 Å². The summed E-state index contributed by atoms with van der Waals surface area (Å²) < 4.78 is 99.8. The van der Waals surface area contributed by atoms with Crippen LogP contribution in [-0.4, -0.2) is 50.2 Å². The Morgan fingerprint density at radius 3 is 1.24 bits per heavy atom. The fraction of sp³-hybridized carbons (Fsp3) is 0.111. The molecule has 0 bridgehead atoms. The molecule has 0 spiro atoms. The fourth-order valence-corrected chi connectivity index (χ4v) is 4.82. The first-order valence-corrected chi connectivity index (χ1v) is 14.3. The molecular formula is C27H25BrF3NO8S2. The van der Waals surface area contributed by atoms with E-state index in [4.69, 9.17) is 9.11 Å². The number of hydrogen-bond acceptors (Lipinski definition) is 7. The van der Waals surface area contributed by atoms with Gasteiger partial charge in [0.15, 0.2) is 0 Å². The first-order valence-electron chi connectivity index (χ1n) is 11.4. The zero-order valence-electron chi connectivity index (χ0n) is 21.8. The SMILES string of the molecule is Br.CN(C)c1ccc(-c2ccc(O)c(S(=O)(=O)O)c2)cc1.O=S(=O)(O)c1cc(-c2ccc(C(F)(F)F)cc2)ccc1O. The van der Waals surface area contributed by atoms with Gasteiger partial charge in [0.25, 0.3) is 20.2 Å². The van der Waals surface area contributed by atoms with Gasteiger partial charge in [0.05, 0.1) is 5.56 Å². The lowest BCUT2D eigenvalue weighted by Gasteiger charge is -2.13. The normalized spacial score (nSPS) is 11.6. The second-order valence-corrected chi connectivity index (χ2v) is 11.6. The molecule has 0 atom stereocenters. The predicted octanol–water partition coefficient (Wildman–Crippen LogP) is 6.27. The molecule has 0 aliphatic heterocycles. The third-order valence-electron chi connectivity index (χ3n) is 5.74. The summed E-state index contributed by atoms with van der Waals surface area (Å²) in [6, 6.07) is 19.0. The van der Waals surface area contributed by atoms with Crippen LogP contribution < -0.4 is 4.90 Å². The second-order valence-electron chi connectivity index (χ2n) is 8.83. The summed E-state index contributed by atoms with van der Waals surface area (Å²) in [4.78, 5) is 0.746. The number of nitrogens with zero attached hydrogens (tertiary/aromatic N) is 1. The van der Waals surface area contributed by atoms with E-state index in [1.807, 2.05) is 43.3 Å². The maximum Gasteiger partial charge on any atom is 0.416 e. The van der Waals surface area contributed by atoms with Gasteiger partial charge in [-0.2, -0.15) is 30.0 Å². The third-order valence-corrected chi connectivity index (χ3v) is 7.50. The van der Waals surface area contributed by atoms with Crippen LogP contribution in [0.15, 0.2) is 94.7 Å². The Morgan fingerprint density at radius 1 is 0.595 bits per heavy atom. The molecule has 4 N–H and O–H groups in total. The number of anilines is 1. The van der Waals surface area contributed by atoms with Crippen molar-refractivity contribution < 1.29 is 49.3 Å². The first-order chi connectivity index (χ1) is 18.9. The molecule has 0 aliphatic carbocycles. The summed E-state index contributed by atoms with van der Waals surface area (Å²) in [5, 5.41) is 18.9. The Labute approximate surface area is 250 Å². The highest BCUT2D eigenvalue weighted by Crippen LogP contribution is 2.33. The van der Waals surface area contributed by atoms with Crippen molar-refractivity contribution >= 4 is 42.9 Å². The molecule has 0 amide bonds. The molecule has 0 radical (unpaired) electrons. The molecule has 0 unspecified atom stereocenters. The number of phenols is 2. The lowest BCUT2D eigenvalue weighted by Crippen LogP contribution is -2.07. The van der Waals surface area contributed by atoms with Gasteiger partial charge in [0, 0.05) is 19.8 Å². The second kappa shape index (κ2) is 13.1. The van der Waals surface area contributed by atoms with Gasteiger partial charge >= 0.3 is 6.18 Å². The minimum atomic E-state index is -4.63. The number of halogens is 4. The predicted molar refractivity (Wildman–Crippen MR) is 156 cm³/mol. The van der Waals surface area contributed by atoms with Gasteiger partial charge in [-0.3, -0.25) is 9.11 Å². The van der Waals surface area contributed by atoms with Crippen molar-refractivity contribution in [3.63, 3.8) is 0 Å². The van der Waals surface area contributed by atoms with E-state index in [2.05, 4.69) is 0 Å². The molecule has 0 aliphatic rings. The standard InChI is InChI=1S/C14H15NO4S.C13H9F3O4S.BrH/c1-15(2)12-6-3-10(4-7-12)11-5-8-13(16)14(9-11)20(17,18)19;14-13(15,16)10-4-1-8(2-5-10)9-3-6-11(17)12(7-9)21(18,19)20;/h3-9,16H,1-2H3,(H,17,18,19);1-7,17H,(H,18,19,20);1H. The number of phenolic OH excluding ortho intramolecular Hbond substituents is 2. The number of hydrogen-bond donors (Lipinski definition) is 4. The van der Waals surface area contributed by atoms with Crippen LogP contribution in [0.4, 0.5) is 18.9 Å². The van der Waals surface area contributed by atoms with Crippen molar-refractivity contribution in [3.05, 3.63) is 90.5 Å². The summed E-state index contributed by atoms with van der Waals surface area (Å²) in [5.74, 6) is -1.12. The highest BCUT2D eigenvalue weighted by atomic mass is 79.9. The maximum atomic E-state index is 12.4. The van der Waals surface area contributed by atoms with Gasteiger partial charge in [-0.25, -0.2) is 0 Å². The van der Waals surface area contributed by atoms with E-state index < -0.39 is 53.3 Å². The van der Waals surface area contributed by atoms with E-state index in [0.717, 1.165) is 35.5 Å². The Kier molecular flexibility index (Phi) is 10.8. The van der Waals surface area contributed by atoms with Crippen LogP contribution in [0.3, 0.4) is 0 Å². The van der Waals surface area contributed by atoms with Gasteiger partial charge < -0.3 is 15.1 Å². The topological polar surface area (TPSA) is 152 Å². The van der Waals surface area contributed by atoms with Gasteiger partial charge in [0.2, 0.25) is 0 Å². The summed E-state index contributed by atoms with van der Waals surface area (Å²) in [5.41, 5.74) is 2.13. The van der Waals surface area contributed by atoms with Crippen molar-refractivity contribution in [2.75, 3.05) is 19.0 Å². The van der Waals surface area contributed by atoms with E-state index in [-0.39, 0.29) is 22.5 Å². The third kappa shape index (κ3) is 8.69. The largest absolute Gasteiger partial charge is 0.506 e. The van der Waals surface area contributed by atoms with Crippen LogP contribution in [-0.2, 0) is 26.4 Å². The zero-order chi connectivity index (χ0) is 30.8. The Balaban J connectivity index is 0.000000287. The quantitative estimate of drug-likeness (QED) is 0.177. The summed E-state index contributed by atoms with van der Waals surface area (Å²) in [7, 11) is -5.22. The minimum Gasteiger partial charge on any atom is -0.506 e. The van der Waals surface area contributed by atoms with Gasteiger partial charge in [-0.1, -0.05) is 36.4 Å². The molecule has 4 aromatic rings. The van der Waals surface area contributed by atoms with E-state index in [1.165, 1.54) is 30.3 Å². The number of rotatable bonds is 5. The molecular weight excluding hydrogens is 667 g/mol. The van der Waals surface area contributed by atoms with Gasteiger partial charge in [-0.15, -0.1) is 17.0 Å². The average molecular weight is 693 g/mol. The van der Waals surface area contributed by atoms with E-state index in [9.17, 15) is 40.2 Å². The summed E-state index contributed by atoms with van der Waals surface area (Å²) in [6.45, 7) is 0. The Morgan fingerprint density at radius 2 is 0.929 bits per heavy atom. The molecule has 226 valence electrons. The highest BCUT2D eigenvalue weighted by molar-refractivity contribution is 8.93. The van der Waals surface area contributed by atoms with Crippen LogP contribution in [0.5, 0.6) is 11.5 Å². The number of aromatic hydroxyl groups is 2. The van der Waals surface area contributed by atoms with Crippen LogP contribution in [0.25, 0.3) is 22.3 Å². The van der Waals surface area contributed by atoms with Crippen molar-refractivity contribution in [2.45, 2.75) is 16.0 Å². The molecule has 4 aromatic carbocycles. The molecule has 9 nitrogen and oxygen atoms in total. The van der Waals surface area contributed by atoms with Crippen LogP contribution in [0, 0.1) is 0 Å². The molecule has 0 aromatic heterocycles.